The molecule has 0 fully saturated rings. The third kappa shape index (κ3) is 3.92. The Balaban J connectivity index is 1.95. The quantitative estimate of drug-likeness (QED) is 0.850. The molecule has 2 rings (SSSR count). The van der Waals surface area contributed by atoms with E-state index < -0.39 is 5.97 Å². The normalized spacial score (nSPS) is 10.3. The first-order valence-corrected chi connectivity index (χ1v) is 7.75. The molecule has 0 saturated carbocycles. The van der Waals surface area contributed by atoms with E-state index in [9.17, 15) is 9.59 Å². The predicted octanol–water partition coefficient (Wildman–Crippen LogP) is 3.83. The zero-order valence-corrected chi connectivity index (χ0v) is 13.3. The zero-order valence-electron chi connectivity index (χ0n) is 10.1. The number of anilines is 1. The van der Waals surface area contributed by atoms with Crippen LogP contribution in [0, 0.1) is 0 Å². The molecule has 20 heavy (non-hydrogen) atoms. The number of hydrogen-bond acceptors (Lipinski definition) is 6. The fourth-order valence-corrected chi connectivity index (χ4v) is 3.46. The number of halogens is 2. The first kappa shape index (κ1) is 15.2. The third-order valence-electron chi connectivity index (χ3n) is 2.06. The van der Waals surface area contributed by atoms with E-state index in [0.29, 0.717) is 15.2 Å². The van der Waals surface area contributed by atoms with Gasteiger partial charge in [0.2, 0.25) is 5.91 Å². The Labute approximate surface area is 132 Å². The van der Waals surface area contributed by atoms with Crippen molar-refractivity contribution < 1.29 is 14.3 Å². The van der Waals surface area contributed by atoms with Gasteiger partial charge in [0.25, 0.3) is 0 Å². The van der Waals surface area contributed by atoms with Gasteiger partial charge >= 0.3 is 5.97 Å². The smallest absolute Gasteiger partial charge is 0.340 e. The number of carbonyl (C=O) groups excluding carboxylic acids is 2. The van der Waals surface area contributed by atoms with Crippen molar-refractivity contribution in [3.63, 3.8) is 0 Å². The number of hydrogen-bond donors (Lipinski definition) is 1. The van der Waals surface area contributed by atoms with Crippen LogP contribution < -0.4 is 5.32 Å². The van der Waals surface area contributed by atoms with Gasteiger partial charge in [-0.1, -0.05) is 23.2 Å². The van der Waals surface area contributed by atoms with Gasteiger partial charge in [-0.25, -0.2) is 9.78 Å². The summed E-state index contributed by atoms with van der Waals surface area (Å²) in [4.78, 5) is 26.7. The maximum atomic E-state index is 11.8. The van der Waals surface area contributed by atoms with Crippen molar-refractivity contribution in [1.82, 2.24) is 4.98 Å². The number of aromatic nitrogens is 1. The number of rotatable bonds is 4. The average molecular weight is 351 g/mol. The van der Waals surface area contributed by atoms with Crippen LogP contribution in [0.4, 0.5) is 5.13 Å². The second-order valence-corrected chi connectivity index (χ2v) is 6.78. The Bertz CT molecular complexity index is 654. The van der Waals surface area contributed by atoms with Gasteiger partial charge < -0.3 is 10.1 Å². The molecule has 0 aliphatic heterocycles. The number of nitrogens with zero attached hydrogens (tertiary/aromatic N) is 1. The van der Waals surface area contributed by atoms with Crippen molar-refractivity contribution in [3.8, 4) is 0 Å². The van der Waals surface area contributed by atoms with Crippen LogP contribution in [0.25, 0.3) is 0 Å². The van der Waals surface area contributed by atoms with Crippen LogP contribution in [0.15, 0.2) is 11.4 Å². The number of nitrogens with one attached hydrogen (secondary N) is 1. The fourth-order valence-electron chi connectivity index (χ4n) is 1.28. The second-order valence-electron chi connectivity index (χ2n) is 3.64. The van der Waals surface area contributed by atoms with Crippen molar-refractivity contribution in [2.75, 3.05) is 5.32 Å². The zero-order chi connectivity index (χ0) is 14.7. The van der Waals surface area contributed by atoms with Crippen molar-refractivity contribution >= 4 is 62.9 Å². The monoisotopic (exact) mass is 350 g/mol. The van der Waals surface area contributed by atoms with Crippen LogP contribution in [0.3, 0.4) is 0 Å². The van der Waals surface area contributed by atoms with E-state index in [1.54, 1.807) is 5.38 Å². The maximum Gasteiger partial charge on any atom is 0.340 e. The topological polar surface area (TPSA) is 68.3 Å². The molecule has 0 saturated heterocycles. The molecule has 0 aromatic carbocycles. The molecule has 1 N–H and O–H groups in total. The summed E-state index contributed by atoms with van der Waals surface area (Å²) in [6.07, 6.45) is 0. The minimum atomic E-state index is -0.563. The van der Waals surface area contributed by atoms with E-state index in [1.807, 2.05) is 0 Å². The standard InChI is InChI=1S/C11H8Cl2N2O3S2/c1-5(16)14-11-15-6(4-19-11)3-18-10(17)7-2-8(12)20-9(7)13/h2,4H,3H2,1H3,(H,14,15,16). The second kappa shape index (κ2) is 6.53. The number of amides is 1. The molecular weight excluding hydrogens is 343 g/mol. The molecule has 0 spiro atoms. The van der Waals surface area contributed by atoms with Crippen LogP contribution in [0.5, 0.6) is 0 Å². The van der Waals surface area contributed by atoms with Gasteiger partial charge in [-0.2, -0.15) is 0 Å². The maximum absolute atomic E-state index is 11.8. The van der Waals surface area contributed by atoms with Crippen LogP contribution in [0.2, 0.25) is 8.67 Å². The van der Waals surface area contributed by atoms with Gasteiger partial charge in [-0.05, 0) is 6.07 Å². The van der Waals surface area contributed by atoms with Gasteiger partial charge in [0.15, 0.2) is 5.13 Å². The number of carbonyl (C=O) groups is 2. The minimum absolute atomic E-state index is 0.00128. The molecular formula is C11H8Cl2N2O3S2. The summed E-state index contributed by atoms with van der Waals surface area (Å²) in [6.45, 7) is 1.39. The van der Waals surface area contributed by atoms with Crippen LogP contribution >= 0.6 is 45.9 Å². The van der Waals surface area contributed by atoms with Crippen LogP contribution in [0.1, 0.15) is 23.0 Å². The summed E-state index contributed by atoms with van der Waals surface area (Å²) in [5.41, 5.74) is 0.781. The first-order chi connectivity index (χ1) is 9.45. The molecule has 9 heteroatoms. The number of ether oxygens (including phenoxy) is 1. The van der Waals surface area contributed by atoms with E-state index in [4.69, 9.17) is 27.9 Å². The Kier molecular flexibility index (Phi) is 4.98. The Morgan fingerprint density at radius 1 is 1.45 bits per heavy atom. The molecule has 0 bridgehead atoms. The van der Waals surface area contributed by atoms with Gasteiger partial charge in [0, 0.05) is 12.3 Å². The third-order valence-corrected chi connectivity index (χ3v) is 4.36. The molecule has 2 aromatic rings. The molecule has 2 aromatic heterocycles. The predicted molar refractivity (Wildman–Crippen MR) is 79.9 cm³/mol. The summed E-state index contributed by atoms with van der Waals surface area (Å²) < 4.78 is 5.79. The van der Waals surface area contributed by atoms with Crippen LogP contribution in [-0.4, -0.2) is 16.9 Å². The van der Waals surface area contributed by atoms with Crippen molar-refractivity contribution in [2.24, 2.45) is 0 Å². The fraction of sp³-hybridized carbons (Fsp3) is 0.182. The molecule has 0 radical (unpaired) electrons. The van der Waals surface area contributed by atoms with Gasteiger partial charge in [0.1, 0.15) is 10.9 Å². The summed E-state index contributed by atoms with van der Waals surface area (Å²) >= 11 is 14.0. The van der Waals surface area contributed by atoms with Gasteiger partial charge in [-0.15, -0.1) is 22.7 Å². The van der Waals surface area contributed by atoms with Gasteiger partial charge in [-0.3, -0.25) is 4.79 Å². The first-order valence-electron chi connectivity index (χ1n) is 5.29. The molecule has 0 aliphatic carbocycles. The lowest BCUT2D eigenvalue weighted by atomic mass is 10.3. The van der Waals surface area contributed by atoms with Crippen molar-refractivity contribution in [2.45, 2.75) is 13.5 Å². The Morgan fingerprint density at radius 3 is 2.80 bits per heavy atom. The highest BCUT2D eigenvalue weighted by Gasteiger charge is 2.16. The highest BCUT2D eigenvalue weighted by atomic mass is 35.5. The van der Waals surface area contributed by atoms with Crippen molar-refractivity contribution in [1.29, 1.82) is 0 Å². The lowest BCUT2D eigenvalue weighted by molar-refractivity contribution is -0.114. The summed E-state index contributed by atoms with van der Waals surface area (Å²) in [6, 6.07) is 1.46. The molecule has 106 valence electrons. The van der Waals surface area contributed by atoms with Gasteiger partial charge in [0.05, 0.1) is 15.6 Å². The molecule has 5 nitrogen and oxygen atoms in total. The van der Waals surface area contributed by atoms with Crippen molar-refractivity contribution in [3.05, 3.63) is 31.4 Å². The minimum Gasteiger partial charge on any atom is -0.455 e. The highest BCUT2D eigenvalue weighted by Crippen LogP contribution is 2.31. The average Bonchev–Trinajstić information content (AvgIpc) is 2.92. The SMILES string of the molecule is CC(=O)Nc1nc(COC(=O)c2cc(Cl)sc2Cl)cs1. The number of thiophene rings is 1. The Hall–Kier alpha value is -1.15. The number of thiazole rings is 1. The highest BCUT2D eigenvalue weighted by molar-refractivity contribution is 7.20. The lowest BCUT2D eigenvalue weighted by Crippen LogP contribution is -2.06. The van der Waals surface area contributed by atoms with E-state index in [2.05, 4.69) is 10.3 Å². The van der Waals surface area contributed by atoms with E-state index in [0.717, 1.165) is 11.3 Å². The lowest BCUT2D eigenvalue weighted by Gasteiger charge is -2.01. The molecule has 0 aliphatic rings. The number of esters is 1. The molecule has 0 unspecified atom stereocenters. The van der Waals surface area contributed by atoms with E-state index in [-0.39, 0.29) is 22.4 Å². The van der Waals surface area contributed by atoms with E-state index in [1.165, 1.54) is 24.3 Å². The molecule has 2 heterocycles. The summed E-state index contributed by atoms with van der Waals surface area (Å²) in [7, 11) is 0. The summed E-state index contributed by atoms with van der Waals surface area (Å²) in [5.74, 6) is -0.769. The van der Waals surface area contributed by atoms with Crippen LogP contribution in [-0.2, 0) is 16.1 Å². The largest absolute Gasteiger partial charge is 0.455 e. The molecule has 0 atom stereocenters. The Morgan fingerprint density at radius 2 is 2.20 bits per heavy atom. The summed E-state index contributed by atoms with van der Waals surface area (Å²) in [5, 5.41) is 4.70. The van der Waals surface area contributed by atoms with E-state index >= 15 is 0 Å². The molecule has 1 amide bonds.